The third-order valence-corrected chi connectivity index (χ3v) is 1.69. The Labute approximate surface area is 88.0 Å². The van der Waals surface area contributed by atoms with E-state index in [-0.39, 0.29) is 0 Å². The zero-order valence-corrected chi connectivity index (χ0v) is 8.38. The lowest BCUT2D eigenvalue weighted by atomic mass is 10.2. The molecule has 0 aromatic carbocycles. The van der Waals surface area contributed by atoms with Crippen molar-refractivity contribution in [3.05, 3.63) is 35.6 Å². The normalized spacial score (nSPS) is 9.14. The van der Waals surface area contributed by atoms with E-state index in [9.17, 15) is 0 Å². The summed E-state index contributed by atoms with van der Waals surface area (Å²) in [6.07, 6.45) is 1.98. The summed E-state index contributed by atoms with van der Waals surface area (Å²) in [5, 5.41) is 12.1. The van der Waals surface area contributed by atoms with Crippen molar-refractivity contribution in [1.29, 1.82) is 5.26 Å². The lowest BCUT2D eigenvalue weighted by Gasteiger charge is -2.05. The number of halogens is 1. The van der Waals surface area contributed by atoms with Crippen LogP contribution in [0, 0.1) is 11.3 Å². The van der Waals surface area contributed by atoms with Gasteiger partial charge in [0.05, 0.1) is 24.7 Å². The van der Waals surface area contributed by atoms with Gasteiger partial charge in [0.15, 0.2) is 0 Å². The predicted molar refractivity (Wildman–Crippen MR) is 57.0 cm³/mol. The van der Waals surface area contributed by atoms with E-state index in [1.54, 1.807) is 6.20 Å². The van der Waals surface area contributed by atoms with Crippen LogP contribution in [-0.4, -0.2) is 11.5 Å². The topological polar surface area (TPSA) is 48.7 Å². The monoisotopic (exact) mass is 207 g/mol. The highest BCUT2D eigenvalue weighted by Crippen LogP contribution is 2.09. The molecule has 0 unspecified atom stereocenters. The Morgan fingerprint density at radius 3 is 3.14 bits per heavy atom. The van der Waals surface area contributed by atoms with E-state index >= 15 is 0 Å². The van der Waals surface area contributed by atoms with Gasteiger partial charge in [0, 0.05) is 16.9 Å². The number of anilines is 1. The first-order valence-electron chi connectivity index (χ1n) is 4.11. The lowest BCUT2D eigenvalue weighted by Crippen LogP contribution is -2.01. The summed E-state index contributed by atoms with van der Waals surface area (Å²) in [5.74, 6) is 0. The van der Waals surface area contributed by atoms with Gasteiger partial charge in [-0.05, 0) is 12.1 Å². The molecular formula is C10H10ClN3. The number of aromatic nitrogens is 1. The maximum atomic E-state index is 8.48. The van der Waals surface area contributed by atoms with E-state index in [1.807, 2.05) is 18.2 Å². The molecule has 0 saturated heterocycles. The molecule has 1 aromatic heterocycles. The molecule has 0 aliphatic rings. The van der Waals surface area contributed by atoms with E-state index in [2.05, 4.69) is 16.9 Å². The van der Waals surface area contributed by atoms with Crippen LogP contribution in [-0.2, 0) is 6.42 Å². The standard InChI is InChI=1S/C10H10ClN3/c1-8(11)7-14-10-3-5-13-9(6-10)2-4-12/h3,5-6H,1-2,7H2,(H,13,14). The molecule has 0 bridgehead atoms. The minimum atomic E-state index is 0.317. The first kappa shape index (κ1) is 10.6. The minimum Gasteiger partial charge on any atom is -0.380 e. The van der Waals surface area contributed by atoms with Crippen molar-refractivity contribution >= 4 is 17.3 Å². The molecule has 0 atom stereocenters. The maximum absolute atomic E-state index is 8.48. The molecule has 1 N–H and O–H groups in total. The number of pyridine rings is 1. The predicted octanol–water partition coefficient (Wildman–Crippen LogP) is 2.31. The van der Waals surface area contributed by atoms with Gasteiger partial charge in [-0.15, -0.1) is 0 Å². The van der Waals surface area contributed by atoms with Crippen molar-refractivity contribution < 1.29 is 0 Å². The molecule has 72 valence electrons. The SMILES string of the molecule is C=C(Cl)CNc1ccnc(CC#N)c1. The van der Waals surface area contributed by atoms with Crippen molar-refractivity contribution in [2.24, 2.45) is 0 Å². The fourth-order valence-corrected chi connectivity index (χ4v) is 1.03. The first-order chi connectivity index (χ1) is 6.72. The number of rotatable bonds is 4. The molecule has 0 aliphatic carbocycles. The Bertz CT molecular complexity index is 368. The zero-order valence-electron chi connectivity index (χ0n) is 7.63. The van der Waals surface area contributed by atoms with Gasteiger partial charge < -0.3 is 5.32 Å². The summed E-state index contributed by atoms with van der Waals surface area (Å²) in [6, 6.07) is 5.68. The molecule has 4 heteroatoms. The van der Waals surface area contributed by atoms with Crippen LogP contribution in [0.1, 0.15) is 5.69 Å². The molecule has 14 heavy (non-hydrogen) atoms. The molecule has 1 heterocycles. The average molecular weight is 208 g/mol. The highest BCUT2D eigenvalue weighted by Gasteiger charge is 1.96. The van der Waals surface area contributed by atoms with Gasteiger partial charge in [0.2, 0.25) is 0 Å². The Morgan fingerprint density at radius 2 is 2.50 bits per heavy atom. The van der Waals surface area contributed by atoms with Crippen LogP contribution >= 0.6 is 11.6 Å². The average Bonchev–Trinajstić information content (AvgIpc) is 2.16. The number of nitrogens with zero attached hydrogens (tertiary/aromatic N) is 2. The van der Waals surface area contributed by atoms with Crippen molar-refractivity contribution in [1.82, 2.24) is 4.98 Å². The van der Waals surface area contributed by atoms with Crippen LogP contribution in [0.15, 0.2) is 29.9 Å². The van der Waals surface area contributed by atoms with Gasteiger partial charge in [-0.1, -0.05) is 18.2 Å². The van der Waals surface area contributed by atoms with Gasteiger partial charge in [0.25, 0.3) is 0 Å². The van der Waals surface area contributed by atoms with Crippen LogP contribution in [0.2, 0.25) is 0 Å². The summed E-state index contributed by atoms with van der Waals surface area (Å²) < 4.78 is 0. The van der Waals surface area contributed by atoms with Gasteiger partial charge in [-0.25, -0.2) is 0 Å². The Morgan fingerprint density at radius 1 is 1.71 bits per heavy atom. The molecule has 1 rings (SSSR count). The Kier molecular flexibility index (Phi) is 3.96. The van der Waals surface area contributed by atoms with Crippen molar-refractivity contribution in [2.75, 3.05) is 11.9 Å². The van der Waals surface area contributed by atoms with Gasteiger partial charge >= 0.3 is 0 Å². The number of hydrogen-bond acceptors (Lipinski definition) is 3. The molecule has 0 fully saturated rings. The second kappa shape index (κ2) is 5.25. The molecule has 0 aliphatic heterocycles. The minimum absolute atomic E-state index is 0.317. The molecular weight excluding hydrogens is 198 g/mol. The zero-order chi connectivity index (χ0) is 10.4. The van der Waals surface area contributed by atoms with Crippen LogP contribution in [0.5, 0.6) is 0 Å². The van der Waals surface area contributed by atoms with Crippen LogP contribution in [0.25, 0.3) is 0 Å². The first-order valence-corrected chi connectivity index (χ1v) is 4.49. The highest BCUT2D eigenvalue weighted by atomic mass is 35.5. The van der Waals surface area contributed by atoms with Crippen LogP contribution in [0.3, 0.4) is 0 Å². The van der Waals surface area contributed by atoms with Crippen molar-refractivity contribution in [3.8, 4) is 6.07 Å². The molecule has 0 radical (unpaired) electrons. The summed E-state index contributed by atoms with van der Waals surface area (Å²) in [6.45, 7) is 4.08. The van der Waals surface area contributed by atoms with Gasteiger partial charge in [-0.2, -0.15) is 5.26 Å². The van der Waals surface area contributed by atoms with Crippen LogP contribution in [0.4, 0.5) is 5.69 Å². The third-order valence-electron chi connectivity index (χ3n) is 1.56. The fourth-order valence-electron chi connectivity index (χ4n) is 0.964. The van der Waals surface area contributed by atoms with Gasteiger partial charge in [0.1, 0.15) is 0 Å². The lowest BCUT2D eigenvalue weighted by molar-refractivity contribution is 1.11. The second-order valence-corrected chi connectivity index (χ2v) is 3.28. The van der Waals surface area contributed by atoms with Crippen molar-refractivity contribution in [2.45, 2.75) is 6.42 Å². The quantitative estimate of drug-likeness (QED) is 0.824. The van der Waals surface area contributed by atoms with E-state index in [0.29, 0.717) is 18.0 Å². The molecule has 0 saturated carbocycles. The largest absolute Gasteiger partial charge is 0.380 e. The maximum Gasteiger partial charge on any atom is 0.0775 e. The van der Waals surface area contributed by atoms with Crippen molar-refractivity contribution in [3.63, 3.8) is 0 Å². The number of nitrogens with one attached hydrogen (secondary N) is 1. The number of nitriles is 1. The summed E-state index contributed by atoms with van der Waals surface area (Å²) in [5.41, 5.74) is 1.64. The third kappa shape index (κ3) is 3.46. The van der Waals surface area contributed by atoms with E-state index in [4.69, 9.17) is 16.9 Å². The Hall–Kier alpha value is -1.53. The van der Waals surface area contributed by atoms with Crippen LogP contribution < -0.4 is 5.32 Å². The smallest absolute Gasteiger partial charge is 0.0775 e. The second-order valence-electron chi connectivity index (χ2n) is 2.74. The summed E-state index contributed by atoms with van der Waals surface area (Å²) in [4.78, 5) is 4.04. The molecule has 1 aromatic rings. The summed E-state index contributed by atoms with van der Waals surface area (Å²) in [7, 11) is 0. The molecule has 0 spiro atoms. The summed E-state index contributed by atoms with van der Waals surface area (Å²) >= 11 is 5.60. The van der Waals surface area contributed by atoms with E-state index in [0.717, 1.165) is 11.4 Å². The van der Waals surface area contributed by atoms with E-state index in [1.165, 1.54) is 0 Å². The molecule has 3 nitrogen and oxygen atoms in total. The highest BCUT2D eigenvalue weighted by molar-refractivity contribution is 6.29. The van der Waals surface area contributed by atoms with Gasteiger partial charge in [-0.3, -0.25) is 4.98 Å². The fraction of sp³-hybridized carbons (Fsp3) is 0.200. The molecule has 0 amide bonds. The Balaban J connectivity index is 2.64. The number of hydrogen-bond donors (Lipinski definition) is 1. The van der Waals surface area contributed by atoms with E-state index < -0.39 is 0 Å².